The number of pyridine rings is 1. The lowest BCUT2D eigenvalue weighted by atomic mass is 10.0. The number of carbonyl (C=O) groups excluding carboxylic acids is 1. The molecule has 0 aliphatic carbocycles. The molecule has 0 aromatic carbocycles. The fourth-order valence-corrected chi connectivity index (χ4v) is 2.40. The summed E-state index contributed by atoms with van der Waals surface area (Å²) < 4.78 is 5.64. The zero-order valence-corrected chi connectivity index (χ0v) is 12.6. The first-order valence-corrected chi connectivity index (χ1v) is 7.24. The van der Waals surface area contributed by atoms with E-state index in [2.05, 4.69) is 15.6 Å². The highest BCUT2D eigenvalue weighted by atomic mass is 35.5. The number of ether oxygens (including phenoxy) is 1. The van der Waals surface area contributed by atoms with Gasteiger partial charge >= 0.3 is 0 Å². The van der Waals surface area contributed by atoms with Gasteiger partial charge in [0.25, 0.3) is 5.91 Å². The van der Waals surface area contributed by atoms with Crippen LogP contribution in [-0.4, -0.2) is 36.2 Å². The number of hydrogen-bond donors (Lipinski definition) is 2. The molecule has 2 rings (SSSR count). The van der Waals surface area contributed by atoms with Crippen LogP contribution in [0.25, 0.3) is 0 Å². The summed E-state index contributed by atoms with van der Waals surface area (Å²) in [5.41, 5.74) is -0.0340. The summed E-state index contributed by atoms with van der Waals surface area (Å²) in [6.45, 7) is 5.93. The lowest BCUT2D eigenvalue weighted by molar-refractivity contribution is 0.0205. The van der Waals surface area contributed by atoms with Crippen LogP contribution < -0.4 is 10.6 Å². The van der Waals surface area contributed by atoms with Crippen molar-refractivity contribution in [2.45, 2.75) is 32.3 Å². The van der Waals surface area contributed by atoms with Crippen LogP contribution in [0, 0.1) is 0 Å². The van der Waals surface area contributed by atoms with E-state index in [4.69, 9.17) is 16.3 Å². The van der Waals surface area contributed by atoms with E-state index < -0.39 is 0 Å². The normalized spacial score (nSPS) is 21.8. The van der Waals surface area contributed by atoms with Gasteiger partial charge in [0.05, 0.1) is 10.6 Å². The Labute approximate surface area is 124 Å². The minimum Gasteiger partial charge on any atom is -0.373 e. The lowest BCUT2D eigenvalue weighted by Gasteiger charge is -2.23. The predicted octanol–water partition coefficient (Wildman–Crippen LogP) is 2.47. The molecule has 2 N–H and O–H groups in total. The van der Waals surface area contributed by atoms with Crippen LogP contribution in [0.5, 0.6) is 0 Å². The largest absolute Gasteiger partial charge is 0.373 e. The second-order valence-electron chi connectivity index (χ2n) is 5.14. The molecule has 1 fully saturated rings. The van der Waals surface area contributed by atoms with Crippen molar-refractivity contribution in [2.24, 2.45) is 0 Å². The molecule has 1 aromatic rings. The van der Waals surface area contributed by atoms with Crippen molar-refractivity contribution >= 4 is 23.3 Å². The zero-order valence-electron chi connectivity index (χ0n) is 11.8. The van der Waals surface area contributed by atoms with Crippen molar-refractivity contribution in [1.29, 1.82) is 0 Å². The predicted molar refractivity (Wildman–Crippen MR) is 79.3 cm³/mol. The topological polar surface area (TPSA) is 63.2 Å². The number of amides is 1. The van der Waals surface area contributed by atoms with Crippen molar-refractivity contribution < 1.29 is 9.53 Å². The molecule has 0 radical (unpaired) electrons. The van der Waals surface area contributed by atoms with Gasteiger partial charge in [-0.2, -0.15) is 0 Å². The van der Waals surface area contributed by atoms with Gasteiger partial charge in [-0.3, -0.25) is 4.79 Å². The molecule has 0 saturated carbocycles. The molecule has 2 heterocycles. The van der Waals surface area contributed by atoms with Gasteiger partial charge in [0, 0.05) is 19.7 Å². The minimum absolute atomic E-state index is 0.242. The van der Waals surface area contributed by atoms with Gasteiger partial charge in [0.2, 0.25) is 0 Å². The van der Waals surface area contributed by atoms with E-state index >= 15 is 0 Å². The summed E-state index contributed by atoms with van der Waals surface area (Å²) in [6, 6.07) is 3.43. The Bertz CT molecular complexity index is 487. The Kier molecular flexibility index (Phi) is 4.83. The monoisotopic (exact) mass is 297 g/mol. The summed E-state index contributed by atoms with van der Waals surface area (Å²) in [4.78, 5) is 16.4. The quantitative estimate of drug-likeness (QED) is 0.876. The molecule has 1 amide bonds. The molecule has 20 heavy (non-hydrogen) atoms. The van der Waals surface area contributed by atoms with E-state index in [0.717, 1.165) is 26.0 Å². The molecule has 1 aliphatic heterocycles. The SMILES string of the molecule is CCNc1ccc(Cl)c(C(=O)NCC2(C)CCCO2)n1. The number of hydrogen-bond acceptors (Lipinski definition) is 4. The highest BCUT2D eigenvalue weighted by molar-refractivity contribution is 6.33. The lowest BCUT2D eigenvalue weighted by Crippen LogP contribution is -2.40. The van der Waals surface area contributed by atoms with Gasteiger partial charge < -0.3 is 15.4 Å². The number of halogens is 1. The van der Waals surface area contributed by atoms with Gasteiger partial charge in [-0.1, -0.05) is 11.6 Å². The fraction of sp³-hybridized carbons (Fsp3) is 0.571. The van der Waals surface area contributed by atoms with Crippen LogP contribution in [0.3, 0.4) is 0 Å². The summed E-state index contributed by atoms with van der Waals surface area (Å²) >= 11 is 6.04. The number of nitrogens with zero attached hydrogens (tertiary/aromatic N) is 1. The van der Waals surface area contributed by atoms with Crippen LogP contribution in [-0.2, 0) is 4.74 Å². The number of nitrogens with one attached hydrogen (secondary N) is 2. The average Bonchev–Trinajstić information content (AvgIpc) is 2.86. The van der Waals surface area contributed by atoms with Crippen LogP contribution in [0.15, 0.2) is 12.1 Å². The molecule has 1 atom stereocenters. The number of aromatic nitrogens is 1. The second kappa shape index (κ2) is 6.41. The van der Waals surface area contributed by atoms with E-state index in [0.29, 0.717) is 17.4 Å². The van der Waals surface area contributed by atoms with Crippen molar-refractivity contribution in [2.75, 3.05) is 25.0 Å². The summed E-state index contributed by atoms with van der Waals surface area (Å²) in [5.74, 6) is 0.372. The molecule has 6 heteroatoms. The first kappa shape index (κ1) is 15.1. The smallest absolute Gasteiger partial charge is 0.271 e. The summed E-state index contributed by atoms with van der Waals surface area (Å²) in [6.07, 6.45) is 1.98. The minimum atomic E-state index is -0.276. The maximum Gasteiger partial charge on any atom is 0.271 e. The zero-order chi connectivity index (χ0) is 14.6. The third kappa shape index (κ3) is 3.61. The second-order valence-corrected chi connectivity index (χ2v) is 5.55. The van der Waals surface area contributed by atoms with E-state index in [9.17, 15) is 4.79 Å². The fourth-order valence-electron chi connectivity index (χ4n) is 2.21. The summed E-state index contributed by atoms with van der Waals surface area (Å²) in [5, 5.41) is 6.26. The van der Waals surface area contributed by atoms with Crippen LogP contribution >= 0.6 is 11.6 Å². The standard InChI is InChI=1S/C14H20ClN3O2/c1-3-16-11-6-5-10(15)12(18-11)13(19)17-9-14(2)7-4-8-20-14/h5-6H,3-4,7-9H2,1-2H3,(H,16,18)(H,17,19). The molecule has 1 aliphatic rings. The Balaban J connectivity index is 2.02. The van der Waals surface area contributed by atoms with E-state index in [1.165, 1.54) is 0 Å². The van der Waals surface area contributed by atoms with Crippen LogP contribution in [0.2, 0.25) is 5.02 Å². The highest BCUT2D eigenvalue weighted by Gasteiger charge is 2.30. The first-order valence-electron chi connectivity index (χ1n) is 6.87. The maximum atomic E-state index is 12.2. The van der Waals surface area contributed by atoms with Crippen molar-refractivity contribution in [1.82, 2.24) is 10.3 Å². The van der Waals surface area contributed by atoms with Gasteiger partial charge in [-0.25, -0.2) is 4.98 Å². The molecule has 0 spiro atoms. The van der Waals surface area contributed by atoms with Gasteiger partial charge in [0.1, 0.15) is 11.5 Å². The first-order chi connectivity index (χ1) is 9.54. The van der Waals surface area contributed by atoms with E-state index in [-0.39, 0.29) is 17.2 Å². The molecule has 1 aromatic heterocycles. The number of anilines is 1. The third-order valence-corrected chi connectivity index (χ3v) is 3.65. The highest BCUT2D eigenvalue weighted by Crippen LogP contribution is 2.24. The van der Waals surface area contributed by atoms with Crippen molar-refractivity contribution in [3.8, 4) is 0 Å². The molecule has 110 valence electrons. The molecule has 1 saturated heterocycles. The maximum absolute atomic E-state index is 12.2. The Morgan fingerprint density at radius 3 is 3.00 bits per heavy atom. The van der Waals surface area contributed by atoms with Crippen LogP contribution in [0.1, 0.15) is 37.2 Å². The molecule has 1 unspecified atom stereocenters. The van der Waals surface area contributed by atoms with Crippen molar-refractivity contribution in [3.05, 3.63) is 22.8 Å². The van der Waals surface area contributed by atoms with Gasteiger partial charge in [-0.05, 0) is 38.8 Å². The third-order valence-electron chi connectivity index (χ3n) is 3.34. The van der Waals surface area contributed by atoms with Gasteiger partial charge in [0.15, 0.2) is 0 Å². The Hall–Kier alpha value is -1.33. The average molecular weight is 298 g/mol. The van der Waals surface area contributed by atoms with E-state index in [1.54, 1.807) is 12.1 Å². The van der Waals surface area contributed by atoms with Crippen molar-refractivity contribution in [3.63, 3.8) is 0 Å². The molecule has 0 bridgehead atoms. The Morgan fingerprint density at radius 1 is 1.55 bits per heavy atom. The van der Waals surface area contributed by atoms with E-state index in [1.807, 2.05) is 13.8 Å². The Morgan fingerprint density at radius 2 is 2.35 bits per heavy atom. The number of rotatable bonds is 5. The number of carbonyl (C=O) groups is 1. The summed E-state index contributed by atoms with van der Waals surface area (Å²) in [7, 11) is 0. The molecular weight excluding hydrogens is 278 g/mol. The van der Waals surface area contributed by atoms with Crippen LogP contribution in [0.4, 0.5) is 5.82 Å². The molecular formula is C14H20ClN3O2. The van der Waals surface area contributed by atoms with Gasteiger partial charge in [-0.15, -0.1) is 0 Å². The molecule has 5 nitrogen and oxygen atoms in total.